The lowest BCUT2D eigenvalue weighted by molar-refractivity contribution is 0.0707. The van der Waals surface area contributed by atoms with Crippen LogP contribution in [-0.4, -0.2) is 25.7 Å². The molecule has 0 bridgehead atoms. The number of anilines is 2. The summed E-state index contributed by atoms with van der Waals surface area (Å²) < 4.78 is 2.65. The summed E-state index contributed by atoms with van der Waals surface area (Å²) in [5.41, 5.74) is 4.94. The van der Waals surface area contributed by atoms with Crippen LogP contribution in [0.4, 0.5) is 11.4 Å². The summed E-state index contributed by atoms with van der Waals surface area (Å²) in [6.45, 7) is 3.74. The van der Waals surface area contributed by atoms with Crippen molar-refractivity contribution in [3.63, 3.8) is 0 Å². The number of carbonyl (C=O) groups is 1. The van der Waals surface area contributed by atoms with Crippen molar-refractivity contribution in [2.24, 2.45) is 0 Å². The number of benzene rings is 1. The molecular formula is C15H14BrN5O2. The number of nitrogens with one attached hydrogen (secondary N) is 2. The Bertz CT molecular complexity index is 906. The van der Waals surface area contributed by atoms with Crippen molar-refractivity contribution in [1.29, 1.82) is 0 Å². The third-order valence-electron chi connectivity index (χ3n) is 3.52. The first kappa shape index (κ1) is 15.4. The topological polar surface area (TPSA) is 91.5 Å². The number of aromatic nitrogens is 3. The first-order valence-corrected chi connectivity index (χ1v) is 7.62. The lowest BCUT2D eigenvalue weighted by atomic mass is 10.1. The minimum Gasteiger partial charge on any atom is -0.354 e. The second-order valence-corrected chi connectivity index (χ2v) is 6.02. The van der Waals surface area contributed by atoms with Crippen molar-refractivity contribution in [2.75, 3.05) is 5.32 Å². The number of halogens is 1. The Labute approximate surface area is 140 Å². The fourth-order valence-corrected chi connectivity index (χ4v) is 2.78. The summed E-state index contributed by atoms with van der Waals surface area (Å²) in [5, 5.41) is 20.2. The summed E-state index contributed by atoms with van der Waals surface area (Å²) in [6, 6.07) is 7.49. The van der Waals surface area contributed by atoms with Crippen LogP contribution in [0.5, 0.6) is 0 Å². The molecule has 0 aliphatic heterocycles. The van der Waals surface area contributed by atoms with Gasteiger partial charge in [-0.15, -0.1) is 10.2 Å². The molecular weight excluding hydrogens is 362 g/mol. The number of nitrogens with zero attached hydrogens (tertiary/aromatic N) is 3. The van der Waals surface area contributed by atoms with E-state index in [0.29, 0.717) is 17.2 Å². The molecule has 118 valence electrons. The molecule has 2 aromatic heterocycles. The Morgan fingerprint density at radius 2 is 2.00 bits per heavy atom. The van der Waals surface area contributed by atoms with Gasteiger partial charge in [0.25, 0.3) is 5.91 Å². The molecule has 0 saturated carbocycles. The average Bonchev–Trinajstić information content (AvgIpc) is 2.89. The number of pyridine rings is 1. The van der Waals surface area contributed by atoms with Crippen LogP contribution in [-0.2, 0) is 0 Å². The van der Waals surface area contributed by atoms with E-state index < -0.39 is 5.91 Å². The van der Waals surface area contributed by atoms with E-state index in [9.17, 15) is 4.79 Å². The summed E-state index contributed by atoms with van der Waals surface area (Å²) in [5.74, 6) is 0.0376. The van der Waals surface area contributed by atoms with Gasteiger partial charge in [-0.2, -0.15) is 0 Å². The molecule has 0 fully saturated rings. The van der Waals surface area contributed by atoms with Gasteiger partial charge in [0.15, 0.2) is 5.65 Å². The maximum atomic E-state index is 12.0. The SMILES string of the molecule is Cc1cc(Br)ccc1Nc1cc2nnc(C)n2cc1C(=O)NO. The molecule has 8 heteroatoms. The minimum atomic E-state index is -0.614. The largest absolute Gasteiger partial charge is 0.354 e. The highest BCUT2D eigenvalue weighted by molar-refractivity contribution is 9.10. The van der Waals surface area contributed by atoms with Crippen LogP contribution in [0.3, 0.4) is 0 Å². The van der Waals surface area contributed by atoms with Gasteiger partial charge in [0.05, 0.1) is 11.3 Å². The molecule has 3 aromatic rings. The second kappa shape index (κ2) is 5.98. The molecule has 3 rings (SSSR count). The van der Waals surface area contributed by atoms with Gasteiger partial charge in [-0.3, -0.25) is 14.4 Å². The number of hydrogen-bond donors (Lipinski definition) is 3. The van der Waals surface area contributed by atoms with Gasteiger partial charge in [-0.1, -0.05) is 15.9 Å². The first-order chi connectivity index (χ1) is 11.0. The molecule has 1 aromatic carbocycles. The molecule has 2 heterocycles. The molecule has 0 unspecified atom stereocenters. The number of aryl methyl sites for hydroxylation is 2. The van der Waals surface area contributed by atoms with Crippen LogP contribution in [0.1, 0.15) is 21.7 Å². The van der Waals surface area contributed by atoms with E-state index >= 15 is 0 Å². The van der Waals surface area contributed by atoms with E-state index in [0.717, 1.165) is 15.7 Å². The van der Waals surface area contributed by atoms with E-state index in [4.69, 9.17) is 5.21 Å². The quantitative estimate of drug-likeness (QED) is 0.483. The zero-order valence-corrected chi connectivity index (χ0v) is 14.0. The van der Waals surface area contributed by atoms with Gasteiger partial charge in [0.2, 0.25) is 0 Å². The number of carbonyl (C=O) groups excluding carboxylic acids is 1. The van der Waals surface area contributed by atoms with Crippen LogP contribution >= 0.6 is 15.9 Å². The normalized spacial score (nSPS) is 10.8. The third-order valence-corrected chi connectivity index (χ3v) is 4.01. The third kappa shape index (κ3) is 2.90. The highest BCUT2D eigenvalue weighted by atomic mass is 79.9. The van der Waals surface area contributed by atoms with Crippen LogP contribution in [0.2, 0.25) is 0 Å². The van der Waals surface area contributed by atoms with E-state index in [2.05, 4.69) is 31.4 Å². The Kier molecular flexibility index (Phi) is 4.01. The van der Waals surface area contributed by atoms with Gasteiger partial charge < -0.3 is 5.32 Å². The Hall–Kier alpha value is -2.45. The van der Waals surface area contributed by atoms with Crippen molar-refractivity contribution >= 4 is 38.9 Å². The van der Waals surface area contributed by atoms with Crippen molar-refractivity contribution in [3.05, 3.63) is 51.9 Å². The van der Waals surface area contributed by atoms with Gasteiger partial charge in [0, 0.05) is 22.4 Å². The zero-order valence-electron chi connectivity index (χ0n) is 12.5. The number of hydroxylamine groups is 1. The van der Waals surface area contributed by atoms with Gasteiger partial charge in [-0.25, -0.2) is 5.48 Å². The second-order valence-electron chi connectivity index (χ2n) is 5.10. The fraction of sp³-hybridized carbons (Fsp3) is 0.133. The number of hydrogen-bond acceptors (Lipinski definition) is 5. The Balaban J connectivity index is 2.12. The monoisotopic (exact) mass is 375 g/mol. The first-order valence-electron chi connectivity index (χ1n) is 6.82. The molecule has 23 heavy (non-hydrogen) atoms. The van der Waals surface area contributed by atoms with Crippen molar-refractivity contribution in [1.82, 2.24) is 20.1 Å². The van der Waals surface area contributed by atoms with Crippen molar-refractivity contribution < 1.29 is 10.0 Å². The standard InChI is InChI=1S/C15H14BrN5O2/c1-8-5-10(16)3-4-12(8)17-13-6-14-19-18-9(2)21(14)7-11(13)15(22)20-23/h3-7,17,23H,1-2H3,(H,20,22). The summed E-state index contributed by atoms with van der Waals surface area (Å²) in [4.78, 5) is 12.0. The molecule has 0 aliphatic carbocycles. The van der Waals surface area contributed by atoms with Crippen LogP contribution in [0.25, 0.3) is 5.65 Å². The summed E-state index contributed by atoms with van der Waals surface area (Å²) in [7, 11) is 0. The lowest BCUT2D eigenvalue weighted by Crippen LogP contribution is -2.20. The minimum absolute atomic E-state index is 0.283. The smallest absolute Gasteiger partial charge is 0.278 e. The van der Waals surface area contributed by atoms with Crippen molar-refractivity contribution in [2.45, 2.75) is 13.8 Å². The van der Waals surface area contributed by atoms with Gasteiger partial charge in [-0.05, 0) is 37.6 Å². The molecule has 0 radical (unpaired) electrons. The number of amides is 1. The lowest BCUT2D eigenvalue weighted by Gasteiger charge is -2.14. The van der Waals surface area contributed by atoms with Crippen LogP contribution in [0, 0.1) is 13.8 Å². The van der Waals surface area contributed by atoms with E-state index in [1.807, 2.05) is 25.1 Å². The molecule has 0 spiro atoms. The number of fused-ring (bicyclic) bond motifs is 1. The van der Waals surface area contributed by atoms with Gasteiger partial charge >= 0.3 is 0 Å². The van der Waals surface area contributed by atoms with E-state index in [1.165, 1.54) is 0 Å². The predicted molar refractivity (Wildman–Crippen MR) is 89.1 cm³/mol. The molecule has 0 aliphatic rings. The molecule has 0 atom stereocenters. The molecule has 7 nitrogen and oxygen atoms in total. The zero-order chi connectivity index (χ0) is 16.6. The highest BCUT2D eigenvalue weighted by Crippen LogP contribution is 2.27. The maximum absolute atomic E-state index is 12.0. The molecule has 3 N–H and O–H groups in total. The maximum Gasteiger partial charge on any atom is 0.278 e. The van der Waals surface area contributed by atoms with Crippen LogP contribution < -0.4 is 10.8 Å². The molecule has 1 amide bonds. The Morgan fingerprint density at radius 3 is 2.70 bits per heavy atom. The van der Waals surface area contributed by atoms with Crippen molar-refractivity contribution in [3.8, 4) is 0 Å². The van der Waals surface area contributed by atoms with E-state index in [-0.39, 0.29) is 5.56 Å². The number of rotatable bonds is 3. The van der Waals surface area contributed by atoms with Gasteiger partial charge in [0.1, 0.15) is 5.82 Å². The Morgan fingerprint density at radius 1 is 1.22 bits per heavy atom. The highest BCUT2D eigenvalue weighted by Gasteiger charge is 2.15. The van der Waals surface area contributed by atoms with E-state index in [1.54, 1.807) is 29.1 Å². The molecule has 0 saturated heterocycles. The van der Waals surface area contributed by atoms with Crippen LogP contribution in [0.15, 0.2) is 34.9 Å². The average molecular weight is 376 g/mol. The summed E-state index contributed by atoms with van der Waals surface area (Å²) in [6.07, 6.45) is 1.59. The fourth-order valence-electron chi connectivity index (χ4n) is 2.31. The predicted octanol–water partition coefficient (Wildman–Crippen LogP) is 2.97. The summed E-state index contributed by atoms with van der Waals surface area (Å²) >= 11 is 3.42.